The lowest BCUT2D eigenvalue weighted by atomic mass is 10.1. The molecule has 2 aliphatic rings. The molecule has 2 saturated heterocycles. The number of nitrogens with one attached hydrogen (secondary N) is 1. The summed E-state index contributed by atoms with van der Waals surface area (Å²) in [6.45, 7) is 5.11. The molecular weight excluding hydrogens is 200 g/mol. The van der Waals surface area contributed by atoms with E-state index < -0.39 is 9.84 Å². The Bertz CT molecular complexity index is 302. The Kier molecular flexibility index (Phi) is 2.81. The van der Waals surface area contributed by atoms with Crippen molar-refractivity contribution < 1.29 is 8.42 Å². The maximum Gasteiger partial charge on any atom is 0.151 e. The predicted octanol–water partition coefficient (Wildman–Crippen LogP) is -0.533. The lowest BCUT2D eigenvalue weighted by Gasteiger charge is -2.35. The minimum absolute atomic E-state index is 0.282. The largest absolute Gasteiger partial charge is 0.312 e. The van der Waals surface area contributed by atoms with Gasteiger partial charge < -0.3 is 5.32 Å². The van der Waals surface area contributed by atoms with Crippen molar-refractivity contribution in [3.63, 3.8) is 0 Å². The Hall–Kier alpha value is -0.130. The number of hydrogen-bond acceptors (Lipinski definition) is 4. The van der Waals surface area contributed by atoms with E-state index in [1.807, 2.05) is 0 Å². The first-order chi connectivity index (χ1) is 6.57. The van der Waals surface area contributed by atoms with Crippen LogP contribution >= 0.6 is 0 Å². The zero-order valence-corrected chi connectivity index (χ0v) is 9.39. The van der Waals surface area contributed by atoms with Crippen LogP contribution in [0.3, 0.4) is 0 Å². The molecule has 2 aliphatic heterocycles. The van der Waals surface area contributed by atoms with Crippen molar-refractivity contribution in [2.75, 3.05) is 31.1 Å². The standard InChI is InChI=1S/C9H18N2O2S/c1-8-6-11(4-3-10-8)9-2-5-14(12,13)7-9/h8-10H,2-7H2,1H3. The van der Waals surface area contributed by atoms with Gasteiger partial charge in [0.05, 0.1) is 11.5 Å². The van der Waals surface area contributed by atoms with Crippen molar-refractivity contribution in [2.45, 2.75) is 25.4 Å². The van der Waals surface area contributed by atoms with Gasteiger partial charge in [-0.25, -0.2) is 8.42 Å². The van der Waals surface area contributed by atoms with Gasteiger partial charge in [0.1, 0.15) is 0 Å². The fourth-order valence-electron chi connectivity index (χ4n) is 2.36. The molecule has 0 amide bonds. The van der Waals surface area contributed by atoms with Gasteiger partial charge in [-0.3, -0.25) is 4.90 Å². The van der Waals surface area contributed by atoms with Gasteiger partial charge in [-0.15, -0.1) is 0 Å². The van der Waals surface area contributed by atoms with Crippen molar-refractivity contribution in [1.29, 1.82) is 0 Å². The zero-order chi connectivity index (χ0) is 10.2. The molecule has 82 valence electrons. The highest BCUT2D eigenvalue weighted by atomic mass is 32.2. The van der Waals surface area contributed by atoms with Gasteiger partial charge in [-0.1, -0.05) is 0 Å². The van der Waals surface area contributed by atoms with Crippen LogP contribution < -0.4 is 5.32 Å². The van der Waals surface area contributed by atoms with Crippen LogP contribution in [0, 0.1) is 0 Å². The molecule has 2 rings (SSSR count). The Balaban J connectivity index is 1.96. The quantitative estimate of drug-likeness (QED) is 0.642. The number of sulfone groups is 1. The summed E-state index contributed by atoms with van der Waals surface area (Å²) in [5.74, 6) is 0.760. The summed E-state index contributed by atoms with van der Waals surface area (Å²) in [6, 6.07) is 0.775. The molecule has 4 nitrogen and oxygen atoms in total. The third-order valence-corrected chi connectivity index (χ3v) is 4.88. The number of nitrogens with zero attached hydrogens (tertiary/aromatic N) is 1. The molecule has 0 aromatic heterocycles. The van der Waals surface area contributed by atoms with Gasteiger partial charge in [0.25, 0.3) is 0 Å². The second-order valence-electron chi connectivity index (χ2n) is 4.41. The highest BCUT2D eigenvalue weighted by molar-refractivity contribution is 7.91. The molecule has 2 fully saturated rings. The Morgan fingerprint density at radius 3 is 2.79 bits per heavy atom. The number of rotatable bonds is 1. The average molecular weight is 218 g/mol. The zero-order valence-electron chi connectivity index (χ0n) is 8.57. The summed E-state index contributed by atoms with van der Waals surface area (Å²) < 4.78 is 22.6. The lowest BCUT2D eigenvalue weighted by Crippen LogP contribution is -2.53. The van der Waals surface area contributed by atoms with Gasteiger partial charge in [-0.2, -0.15) is 0 Å². The van der Waals surface area contributed by atoms with Crippen LogP contribution in [0.5, 0.6) is 0 Å². The first-order valence-corrected chi connectivity index (χ1v) is 7.07. The van der Waals surface area contributed by atoms with Crippen molar-refractivity contribution >= 4 is 9.84 Å². The van der Waals surface area contributed by atoms with E-state index in [2.05, 4.69) is 17.1 Å². The summed E-state index contributed by atoms with van der Waals surface area (Å²) in [5, 5.41) is 3.37. The Morgan fingerprint density at radius 2 is 2.21 bits per heavy atom. The van der Waals surface area contributed by atoms with Crippen molar-refractivity contribution in [3.05, 3.63) is 0 Å². The van der Waals surface area contributed by atoms with Gasteiger partial charge in [-0.05, 0) is 13.3 Å². The molecule has 2 unspecified atom stereocenters. The molecule has 0 spiro atoms. The highest BCUT2D eigenvalue weighted by Gasteiger charge is 2.33. The fraction of sp³-hybridized carbons (Fsp3) is 1.00. The van der Waals surface area contributed by atoms with Crippen molar-refractivity contribution in [2.24, 2.45) is 0 Å². The van der Waals surface area contributed by atoms with Gasteiger partial charge in [0, 0.05) is 31.7 Å². The summed E-state index contributed by atoms with van der Waals surface area (Å²) >= 11 is 0. The Labute approximate surface area is 85.6 Å². The van der Waals surface area contributed by atoms with Crippen LogP contribution in [0.2, 0.25) is 0 Å². The van der Waals surface area contributed by atoms with E-state index in [0.717, 1.165) is 26.1 Å². The molecule has 0 saturated carbocycles. The van der Waals surface area contributed by atoms with Crippen LogP contribution in [0.25, 0.3) is 0 Å². The van der Waals surface area contributed by atoms with Crippen molar-refractivity contribution in [3.8, 4) is 0 Å². The van der Waals surface area contributed by atoms with Gasteiger partial charge in [0.2, 0.25) is 0 Å². The topological polar surface area (TPSA) is 49.4 Å². The van der Waals surface area contributed by atoms with Crippen molar-refractivity contribution in [1.82, 2.24) is 10.2 Å². The molecule has 0 aliphatic carbocycles. The smallest absolute Gasteiger partial charge is 0.151 e. The second kappa shape index (κ2) is 3.79. The summed E-state index contributed by atoms with van der Waals surface area (Å²) in [7, 11) is -2.72. The summed E-state index contributed by atoms with van der Waals surface area (Å²) in [5.41, 5.74) is 0. The molecular formula is C9H18N2O2S. The van der Waals surface area contributed by atoms with E-state index in [4.69, 9.17) is 0 Å². The number of hydrogen-bond donors (Lipinski definition) is 1. The first-order valence-electron chi connectivity index (χ1n) is 5.25. The predicted molar refractivity (Wildman–Crippen MR) is 56.1 cm³/mol. The molecule has 5 heteroatoms. The summed E-state index contributed by atoms with van der Waals surface area (Å²) in [4.78, 5) is 2.33. The maximum atomic E-state index is 11.3. The van der Waals surface area contributed by atoms with E-state index in [1.54, 1.807) is 0 Å². The normalized spacial score (nSPS) is 38.6. The van der Waals surface area contributed by atoms with E-state index in [1.165, 1.54) is 0 Å². The molecule has 0 aromatic rings. The highest BCUT2D eigenvalue weighted by Crippen LogP contribution is 2.18. The molecule has 2 atom stereocenters. The van der Waals surface area contributed by atoms with E-state index in [0.29, 0.717) is 17.5 Å². The molecule has 0 radical (unpaired) electrons. The number of piperazine rings is 1. The maximum absolute atomic E-state index is 11.3. The molecule has 2 heterocycles. The molecule has 14 heavy (non-hydrogen) atoms. The third kappa shape index (κ3) is 2.27. The van der Waals surface area contributed by atoms with Crippen LogP contribution in [-0.2, 0) is 9.84 Å². The third-order valence-electron chi connectivity index (χ3n) is 3.12. The van der Waals surface area contributed by atoms with E-state index in [-0.39, 0.29) is 6.04 Å². The average Bonchev–Trinajstić information content (AvgIpc) is 2.46. The minimum Gasteiger partial charge on any atom is -0.312 e. The van der Waals surface area contributed by atoms with Gasteiger partial charge in [0.15, 0.2) is 9.84 Å². The summed E-state index contributed by atoms with van der Waals surface area (Å²) in [6.07, 6.45) is 0.828. The Morgan fingerprint density at radius 1 is 1.43 bits per heavy atom. The fourth-order valence-corrected chi connectivity index (χ4v) is 4.12. The van der Waals surface area contributed by atoms with E-state index in [9.17, 15) is 8.42 Å². The van der Waals surface area contributed by atoms with E-state index >= 15 is 0 Å². The monoisotopic (exact) mass is 218 g/mol. The van der Waals surface area contributed by atoms with Crippen LogP contribution in [0.15, 0.2) is 0 Å². The SMILES string of the molecule is CC1CN(C2CCS(=O)(=O)C2)CCN1. The minimum atomic E-state index is -2.72. The van der Waals surface area contributed by atoms with Crippen LogP contribution in [-0.4, -0.2) is 56.5 Å². The van der Waals surface area contributed by atoms with Gasteiger partial charge >= 0.3 is 0 Å². The molecule has 1 N–H and O–H groups in total. The van der Waals surface area contributed by atoms with Crippen LogP contribution in [0.1, 0.15) is 13.3 Å². The molecule has 0 bridgehead atoms. The lowest BCUT2D eigenvalue weighted by molar-refractivity contribution is 0.161. The first kappa shape index (κ1) is 10.4. The molecule has 0 aromatic carbocycles. The second-order valence-corrected chi connectivity index (χ2v) is 6.64. The van der Waals surface area contributed by atoms with Crippen LogP contribution in [0.4, 0.5) is 0 Å².